The zero-order valence-corrected chi connectivity index (χ0v) is 9.04. The first-order valence-corrected chi connectivity index (χ1v) is 5.07. The third-order valence-electron chi connectivity index (χ3n) is 2.39. The Morgan fingerprint density at radius 1 is 1.20 bits per heavy atom. The summed E-state index contributed by atoms with van der Waals surface area (Å²) in [6.07, 6.45) is 2.47. The highest BCUT2D eigenvalue weighted by molar-refractivity contribution is 5.50. The summed E-state index contributed by atoms with van der Waals surface area (Å²) in [5, 5.41) is 0. The van der Waals surface area contributed by atoms with E-state index in [0.717, 1.165) is 17.1 Å². The van der Waals surface area contributed by atoms with Gasteiger partial charge in [0.2, 0.25) is 0 Å². The van der Waals surface area contributed by atoms with Gasteiger partial charge >= 0.3 is 0 Å². The van der Waals surface area contributed by atoms with Gasteiger partial charge in [-0.25, -0.2) is 0 Å². The minimum absolute atomic E-state index is 0.598. The summed E-state index contributed by atoms with van der Waals surface area (Å²) >= 11 is 0. The summed E-state index contributed by atoms with van der Waals surface area (Å²) in [5.74, 6) is 8.58. The Hall–Kier alpha value is -1.62. The first-order chi connectivity index (χ1) is 7.33. The summed E-state index contributed by atoms with van der Waals surface area (Å²) in [6.45, 7) is 0. The molecule has 1 fully saturated rings. The van der Waals surface area contributed by atoms with Crippen LogP contribution >= 0.6 is 0 Å². The summed E-state index contributed by atoms with van der Waals surface area (Å²) in [6, 6.07) is 5.67. The second kappa shape index (κ2) is 4.27. The van der Waals surface area contributed by atoms with Crippen LogP contribution in [0.3, 0.4) is 0 Å². The van der Waals surface area contributed by atoms with Crippen LogP contribution in [0.15, 0.2) is 18.2 Å². The molecule has 0 bridgehead atoms. The Morgan fingerprint density at radius 3 is 2.60 bits per heavy atom. The van der Waals surface area contributed by atoms with E-state index in [1.54, 1.807) is 14.2 Å². The lowest BCUT2D eigenvalue weighted by atomic mass is 10.2. The van der Waals surface area contributed by atoms with Crippen LogP contribution in [0, 0.1) is 17.8 Å². The normalized spacial score (nSPS) is 14.0. The van der Waals surface area contributed by atoms with Crippen LogP contribution in [0.25, 0.3) is 0 Å². The van der Waals surface area contributed by atoms with Gasteiger partial charge in [-0.1, -0.05) is 11.8 Å². The van der Waals surface area contributed by atoms with Gasteiger partial charge in [0, 0.05) is 5.92 Å². The number of methoxy groups -OCH3 is 2. The zero-order chi connectivity index (χ0) is 10.7. The third kappa shape index (κ3) is 2.44. The summed E-state index contributed by atoms with van der Waals surface area (Å²) in [5.41, 5.74) is 0.906. The average molecular weight is 202 g/mol. The molecule has 0 heterocycles. The molecule has 0 aromatic heterocycles. The molecule has 0 atom stereocenters. The second-order valence-corrected chi connectivity index (χ2v) is 3.61. The van der Waals surface area contributed by atoms with E-state index in [2.05, 4.69) is 11.8 Å². The molecule has 0 radical (unpaired) electrons. The van der Waals surface area contributed by atoms with Gasteiger partial charge in [-0.05, 0) is 31.0 Å². The Balaban J connectivity index is 2.29. The molecule has 2 heteroatoms. The molecule has 15 heavy (non-hydrogen) atoms. The fourth-order valence-electron chi connectivity index (χ4n) is 1.32. The van der Waals surface area contributed by atoms with Gasteiger partial charge in [0.25, 0.3) is 0 Å². The minimum Gasteiger partial charge on any atom is -0.497 e. The fraction of sp³-hybridized carbons (Fsp3) is 0.385. The monoisotopic (exact) mass is 202 g/mol. The number of ether oxygens (including phenoxy) is 2. The van der Waals surface area contributed by atoms with Crippen LogP contribution in [0.1, 0.15) is 18.4 Å². The van der Waals surface area contributed by atoms with Gasteiger partial charge in [-0.2, -0.15) is 0 Å². The van der Waals surface area contributed by atoms with Crippen LogP contribution in [0.4, 0.5) is 0 Å². The van der Waals surface area contributed by atoms with Crippen molar-refractivity contribution >= 4 is 0 Å². The van der Waals surface area contributed by atoms with Gasteiger partial charge in [-0.15, -0.1) is 0 Å². The van der Waals surface area contributed by atoms with Gasteiger partial charge < -0.3 is 9.47 Å². The van der Waals surface area contributed by atoms with Crippen molar-refractivity contribution in [3.63, 3.8) is 0 Å². The van der Waals surface area contributed by atoms with E-state index in [-0.39, 0.29) is 0 Å². The molecule has 0 spiro atoms. The van der Waals surface area contributed by atoms with E-state index in [1.165, 1.54) is 12.8 Å². The smallest absolute Gasteiger partial charge is 0.134 e. The molecule has 1 aliphatic rings. The van der Waals surface area contributed by atoms with E-state index < -0.39 is 0 Å². The number of hydrogen-bond acceptors (Lipinski definition) is 2. The van der Waals surface area contributed by atoms with Crippen molar-refractivity contribution in [2.45, 2.75) is 12.8 Å². The van der Waals surface area contributed by atoms with E-state index in [0.29, 0.717) is 5.92 Å². The molecule has 1 aliphatic carbocycles. The summed E-state index contributed by atoms with van der Waals surface area (Å²) in [7, 11) is 3.31. The Kier molecular flexibility index (Phi) is 2.82. The van der Waals surface area contributed by atoms with E-state index in [4.69, 9.17) is 9.47 Å². The molecule has 0 N–H and O–H groups in total. The van der Waals surface area contributed by atoms with Crippen LogP contribution in [0.2, 0.25) is 0 Å². The minimum atomic E-state index is 0.598. The number of rotatable bonds is 2. The van der Waals surface area contributed by atoms with Crippen molar-refractivity contribution in [3.8, 4) is 23.3 Å². The molecular formula is C13H14O2. The highest BCUT2D eigenvalue weighted by Gasteiger charge is 2.17. The topological polar surface area (TPSA) is 18.5 Å². The third-order valence-corrected chi connectivity index (χ3v) is 2.39. The highest BCUT2D eigenvalue weighted by atomic mass is 16.5. The molecule has 0 aliphatic heterocycles. The van der Waals surface area contributed by atoms with Gasteiger partial charge in [0.1, 0.15) is 11.5 Å². The predicted octanol–water partition coefficient (Wildman–Crippen LogP) is 2.47. The fourth-order valence-corrected chi connectivity index (χ4v) is 1.32. The van der Waals surface area contributed by atoms with Crippen molar-refractivity contribution in [1.82, 2.24) is 0 Å². The zero-order valence-electron chi connectivity index (χ0n) is 9.04. The lowest BCUT2D eigenvalue weighted by Gasteiger charge is -2.05. The van der Waals surface area contributed by atoms with Crippen molar-refractivity contribution in [2.75, 3.05) is 14.2 Å². The van der Waals surface area contributed by atoms with Gasteiger partial charge in [-0.3, -0.25) is 0 Å². The molecule has 0 amide bonds. The SMILES string of the molecule is COc1ccc(OC)c(C#CC2CC2)c1. The molecule has 1 saturated carbocycles. The lowest BCUT2D eigenvalue weighted by molar-refractivity contribution is 0.402. The van der Waals surface area contributed by atoms with E-state index in [1.807, 2.05) is 18.2 Å². The molecule has 78 valence electrons. The molecule has 2 rings (SSSR count). The molecule has 1 aromatic carbocycles. The first-order valence-electron chi connectivity index (χ1n) is 5.07. The van der Waals surface area contributed by atoms with E-state index in [9.17, 15) is 0 Å². The Labute approximate surface area is 90.2 Å². The van der Waals surface area contributed by atoms with Crippen molar-refractivity contribution < 1.29 is 9.47 Å². The predicted molar refractivity (Wildman–Crippen MR) is 59.1 cm³/mol. The second-order valence-electron chi connectivity index (χ2n) is 3.61. The molecule has 0 saturated heterocycles. The van der Waals surface area contributed by atoms with E-state index >= 15 is 0 Å². The number of hydrogen-bond donors (Lipinski definition) is 0. The first kappa shape index (κ1) is 9.92. The van der Waals surface area contributed by atoms with Gasteiger partial charge in [0.05, 0.1) is 19.8 Å². The lowest BCUT2D eigenvalue weighted by Crippen LogP contribution is -1.90. The van der Waals surface area contributed by atoms with Gasteiger partial charge in [0.15, 0.2) is 0 Å². The summed E-state index contributed by atoms with van der Waals surface area (Å²) < 4.78 is 10.4. The van der Waals surface area contributed by atoms with Crippen LogP contribution in [-0.2, 0) is 0 Å². The van der Waals surface area contributed by atoms with Crippen molar-refractivity contribution in [3.05, 3.63) is 23.8 Å². The quantitative estimate of drug-likeness (QED) is 0.686. The standard InChI is InChI=1S/C13H14O2/c1-14-12-7-8-13(15-2)11(9-12)6-5-10-3-4-10/h7-10H,3-4H2,1-2H3. The maximum atomic E-state index is 5.24. The largest absolute Gasteiger partial charge is 0.497 e. The molecule has 0 unspecified atom stereocenters. The molecule has 2 nitrogen and oxygen atoms in total. The van der Waals surface area contributed by atoms with Crippen molar-refractivity contribution in [2.24, 2.45) is 5.92 Å². The van der Waals surface area contributed by atoms with Crippen LogP contribution in [0.5, 0.6) is 11.5 Å². The number of benzene rings is 1. The molecular weight excluding hydrogens is 188 g/mol. The Morgan fingerprint density at radius 2 is 2.00 bits per heavy atom. The maximum Gasteiger partial charge on any atom is 0.134 e. The Bertz CT molecular complexity index is 408. The average Bonchev–Trinajstić information content (AvgIpc) is 3.09. The highest BCUT2D eigenvalue weighted by Crippen LogP contribution is 2.28. The van der Waals surface area contributed by atoms with Crippen LogP contribution < -0.4 is 9.47 Å². The summed E-state index contributed by atoms with van der Waals surface area (Å²) in [4.78, 5) is 0. The van der Waals surface area contributed by atoms with Crippen LogP contribution in [-0.4, -0.2) is 14.2 Å². The molecule has 1 aromatic rings. The van der Waals surface area contributed by atoms with Crippen molar-refractivity contribution in [1.29, 1.82) is 0 Å². The maximum absolute atomic E-state index is 5.24.